The van der Waals surface area contributed by atoms with Gasteiger partial charge in [-0.3, -0.25) is 9.59 Å². The summed E-state index contributed by atoms with van der Waals surface area (Å²) in [6, 6.07) is 15.3. The van der Waals surface area contributed by atoms with Crippen molar-refractivity contribution in [2.75, 3.05) is 0 Å². The highest BCUT2D eigenvalue weighted by atomic mass is 35.5. The Morgan fingerprint density at radius 3 is 2.34 bits per heavy atom. The number of ether oxygens (including phenoxy) is 1. The fourth-order valence-electron chi connectivity index (χ4n) is 3.21. The van der Waals surface area contributed by atoms with Gasteiger partial charge in [-0.25, -0.2) is 4.79 Å². The monoisotopic (exact) mass is 452 g/mol. The van der Waals surface area contributed by atoms with E-state index < -0.39 is 11.7 Å². The van der Waals surface area contributed by atoms with E-state index in [-0.39, 0.29) is 17.9 Å². The molecule has 0 atom stereocenters. The van der Waals surface area contributed by atoms with E-state index in [1.54, 1.807) is 70.4 Å². The van der Waals surface area contributed by atoms with E-state index in [4.69, 9.17) is 16.3 Å². The molecule has 6 nitrogen and oxygen atoms in total. The largest absolute Gasteiger partial charge is 0.444 e. The molecule has 0 aliphatic carbocycles. The first-order valence-electron chi connectivity index (χ1n) is 10.1. The molecule has 32 heavy (non-hydrogen) atoms. The average Bonchev–Trinajstić information content (AvgIpc) is 2.73. The predicted octanol–water partition coefficient (Wildman–Crippen LogP) is 4.96. The summed E-state index contributed by atoms with van der Waals surface area (Å²) in [5.41, 5.74) is 2.01. The number of pyridine rings is 1. The third-order valence-electron chi connectivity index (χ3n) is 4.70. The van der Waals surface area contributed by atoms with Crippen LogP contribution in [0.1, 0.15) is 42.3 Å². The van der Waals surface area contributed by atoms with E-state index >= 15 is 0 Å². The van der Waals surface area contributed by atoms with Gasteiger partial charge in [-0.2, -0.15) is 0 Å². The van der Waals surface area contributed by atoms with Crippen LogP contribution in [0.2, 0.25) is 5.02 Å². The predicted molar refractivity (Wildman–Crippen MR) is 125 cm³/mol. The van der Waals surface area contributed by atoms with Gasteiger partial charge >= 0.3 is 6.09 Å². The maximum atomic E-state index is 13.2. The number of aromatic nitrogens is 1. The molecular weight excluding hydrogens is 428 g/mol. The van der Waals surface area contributed by atoms with Gasteiger partial charge in [-0.05, 0) is 56.2 Å². The molecule has 7 heteroatoms. The van der Waals surface area contributed by atoms with Gasteiger partial charge in [0.05, 0.1) is 0 Å². The molecule has 1 amide bonds. The molecule has 1 N–H and O–H groups in total. The van der Waals surface area contributed by atoms with Crippen LogP contribution < -0.4 is 10.9 Å². The smallest absolute Gasteiger partial charge is 0.407 e. The number of carbonyl (C=O) groups is 2. The van der Waals surface area contributed by atoms with E-state index in [1.165, 1.54) is 10.6 Å². The minimum Gasteiger partial charge on any atom is -0.444 e. The lowest BCUT2D eigenvalue weighted by Gasteiger charge is -2.20. The zero-order valence-corrected chi connectivity index (χ0v) is 19.2. The second-order valence-corrected chi connectivity index (χ2v) is 8.83. The first-order valence-corrected chi connectivity index (χ1v) is 10.5. The molecule has 0 radical (unpaired) electrons. The molecule has 0 aliphatic heterocycles. The Bertz CT molecular complexity index is 1210. The molecule has 3 aromatic rings. The number of aryl methyl sites for hydroxylation is 1. The van der Waals surface area contributed by atoms with Crippen molar-refractivity contribution in [1.82, 2.24) is 9.88 Å². The van der Waals surface area contributed by atoms with Crippen molar-refractivity contribution in [2.45, 2.75) is 32.9 Å². The van der Waals surface area contributed by atoms with Gasteiger partial charge in [-0.1, -0.05) is 35.9 Å². The maximum absolute atomic E-state index is 13.2. The molecule has 0 saturated carbocycles. The number of ketones is 1. The molecule has 2 aromatic carbocycles. The first kappa shape index (κ1) is 23.3. The third-order valence-corrected chi connectivity index (χ3v) is 4.96. The van der Waals surface area contributed by atoms with E-state index in [2.05, 4.69) is 5.32 Å². The van der Waals surface area contributed by atoms with Crippen LogP contribution >= 0.6 is 11.6 Å². The molecular formula is C25H25ClN2O4. The molecule has 0 bridgehead atoms. The number of nitrogens with zero attached hydrogens (tertiary/aromatic N) is 1. The van der Waals surface area contributed by atoms with E-state index in [1.807, 2.05) is 12.1 Å². The van der Waals surface area contributed by atoms with Crippen molar-refractivity contribution in [2.24, 2.45) is 7.05 Å². The molecule has 0 fully saturated rings. The molecule has 1 aromatic heterocycles. The fourth-order valence-corrected chi connectivity index (χ4v) is 3.34. The van der Waals surface area contributed by atoms with Gasteiger partial charge in [-0.15, -0.1) is 0 Å². The molecule has 0 spiro atoms. The summed E-state index contributed by atoms with van der Waals surface area (Å²) < 4.78 is 6.73. The van der Waals surface area contributed by atoms with Crippen LogP contribution in [0.3, 0.4) is 0 Å². The van der Waals surface area contributed by atoms with Crippen LogP contribution in [-0.4, -0.2) is 22.0 Å². The number of halogens is 1. The molecule has 3 rings (SSSR count). The Labute approximate surface area is 191 Å². The standard InChI is InChI=1S/C25H25ClN2O4/c1-25(2,3)32-24(31)27-14-17-13-22(29)28(4)15-21(17)19-7-5-6-8-20(19)23(30)16-9-11-18(26)12-10-16/h5-13,15H,14H2,1-4H3,(H,27,31). The summed E-state index contributed by atoms with van der Waals surface area (Å²) in [5, 5.41) is 3.23. The quantitative estimate of drug-likeness (QED) is 0.555. The number of hydrogen-bond donors (Lipinski definition) is 1. The zero-order chi connectivity index (χ0) is 23.5. The number of nitrogens with one attached hydrogen (secondary N) is 1. The highest BCUT2D eigenvalue weighted by Gasteiger charge is 2.19. The lowest BCUT2D eigenvalue weighted by atomic mass is 9.92. The summed E-state index contributed by atoms with van der Waals surface area (Å²) in [4.78, 5) is 37.7. The van der Waals surface area contributed by atoms with Crippen LogP contribution in [0.25, 0.3) is 11.1 Å². The minimum atomic E-state index is -0.642. The second kappa shape index (κ2) is 9.40. The van der Waals surface area contributed by atoms with Gasteiger partial charge in [0.25, 0.3) is 5.56 Å². The minimum absolute atomic E-state index is 0.0732. The summed E-state index contributed by atoms with van der Waals surface area (Å²) >= 11 is 5.95. The fraction of sp³-hybridized carbons (Fsp3) is 0.240. The normalized spacial score (nSPS) is 11.2. The Kier molecular flexibility index (Phi) is 6.84. The Hall–Kier alpha value is -3.38. The van der Waals surface area contributed by atoms with Crippen LogP contribution in [0.15, 0.2) is 65.6 Å². The molecule has 166 valence electrons. The number of hydrogen-bond acceptors (Lipinski definition) is 4. The van der Waals surface area contributed by atoms with E-state index in [0.717, 1.165) is 0 Å². The van der Waals surface area contributed by atoms with Crippen LogP contribution in [-0.2, 0) is 18.3 Å². The van der Waals surface area contributed by atoms with Crippen molar-refractivity contribution < 1.29 is 14.3 Å². The SMILES string of the molecule is Cn1cc(-c2ccccc2C(=O)c2ccc(Cl)cc2)c(CNC(=O)OC(C)(C)C)cc1=O. The van der Waals surface area contributed by atoms with Gasteiger partial charge in [0.1, 0.15) is 5.60 Å². The molecule has 1 heterocycles. The highest BCUT2D eigenvalue weighted by Crippen LogP contribution is 2.28. The zero-order valence-electron chi connectivity index (χ0n) is 18.4. The second-order valence-electron chi connectivity index (χ2n) is 8.40. The average molecular weight is 453 g/mol. The number of rotatable bonds is 5. The third kappa shape index (κ3) is 5.65. The Morgan fingerprint density at radius 1 is 1.03 bits per heavy atom. The summed E-state index contributed by atoms with van der Waals surface area (Å²) in [7, 11) is 1.64. The van der Waals surface area contributed by atoms with E-state index in [9.17, 15) is 14.4 Å². The summed E-state index contributed by atoms with van der Waals surface area (Å²) in [5.74, 6) is -0.169. The van der Waals surface area contributed by atoms with Crippen molar-refractivity contribution in [3.8, 4) is 11.1 Å². The number of alkyl carbamates (subject to hydrolysis) is 1. The van der Waals surface area contributed by atoms with Crippen molar-refractivity contribution in [3.05, 3.63) is 92.9 Å². The Morgan fingerprint density at radius 2 is 1.69 bits per heavy atom. The lowest BCUT2D eigenvalue weighted by molar-refractivity contribution is 0.0523. The molecule has 0 unspecified atom stereocenters. The number of carbonyl (C=O) groups excluding carboxylic acids is 2. The topological polar surface area (TPSA) is 77.4 Å². The van der Waals surface area contributed by atoms with Crippen molar-refractivity contribution in [3.63, 3.8) is 0 Å². The van der Waals surface area contributed by atoms with Gasteiger partial charge in [0, 0.05) is 47.6 Å². The highest BCUT2D eigenvalue weighted by molar-refractivity contribution is 6.30. The maximum Gasteiger partial charge on any atom is 0.407 e. The van der Waals surface area contributed by atoms with E-state index in [0.29, 0.717) is 32.8 Å². The van der Waals surface area contributed by atoms with Crippen molar-refractivity contribution >= 4 is 23.5 Å². The van der Waals surface area contributed by atoms with Crippen LogP contribution in [0.5, 0.6) is 0 Å². The first-order chi connectivity index (χ1) is 15.0. The summed E-state index contributed by atoms with van der Waals surface area (Å²) in [6.07, 6.45) is 1.08. The van der Waals surface area contributed by atoms with Gasteiger partial charge in [0.2, 0.25) is 0 Å². The van der Waals surface area contributed by atoms with Gasteiger partial charge < -0.3 is 14.6 Å². The lowest BCUT2D eigenvalue weighted by Crippen LogP contribution is -2.32. The molecule has 0 saturated heterocycles. The van der Waals surface area contributed by atoms with Gasteiger partial charge in [0.15, 0.2) is 5.78 Å². The summed E-state index contributed by atoms with van der Waals surface area (Å²) in [6.45, 7) is 5.39. The molecule has 0 aliphatic rings. The number of benzene rings is 2. The van der Waals surface area contributed by atoms with Crippen LogP contribution in [0.4, 0.5) is 4.79 Å². The Balaban J connectivity index is 2.02. The van der Waals surface area contributed by atoms with Crippen molar-refractivity contribution in [1.29, 1.82) is 0 Å². The number of amides is 1. The van der Waals surface area contributed by atoms with Crippen LogP contribution in [0, 0.1) is 0 Å².